The molecule has 1 unspecified atom stereocenters. The van der Waals surface area contributed by atoms with E-state index in [0.717, 1.165) is 17.2 Å². The third-order valence-electron chi connectivity index (χ3n) is 4.37. The average molecular weight is 450 g/mol. The summed E-state index contributed by atoms with van der Waals surface area (Å²) in [6, 6.07) is 2.71. The first kappa shape index (κ1) is 23.8. The lowest BCUT2D eigenvalue weighted by atomic mass is 9.97. The van der Waals surface area contributed by atoms with Gasteiger partial charge in [-0.15, -0.1) is 0 Å². The van der Waals surface area contributed by atoms with Gasteiger partial charge in [-0.2, -0.15) is 13.2 Å². The maximum atomic E-state index is 13.5. The number of alkyl halides is 3. The summed E-state index contributed by atoms with van der Waals surface area (Å²) in [5.41, 5.74) is -3.14. The van der Waals surface area contributed by atoms with Crippen LogP contribution >= 0.6 is 11.6 Å². The first-order valence-corrected chi connectivity index (χ1v) is 9.48. The highest BCUT2D eigenvalue weighted by Crippen LogP contribution is 2.40. The normalized spacial score (nSPS) is 13.6. The molecule has 0 aliphatic carbocycles. The van der Waals surface area contributed by atoms with Gasteiger partial charge in [0.1, 0.15) is 5.82 Å². The van der Waals surface area contributed by atoms with Crippen LogP contribution in [0.1, 0.15) is 35.9 Å². The predicted octanol–water partition coefficient (Wildman–Crippen LogP) is 3.44. The number of nitrogens with zero attached hydrogens (tertiary/aromatic N) is 2. The van der Waals surface area contributed by atoms with Crippen LogP contribution in [0.5, 0.6) is 11.5 Å². The largest absolute Gasteiger partial charge is 0.493 e. The van der Waals surface area contributed by atoms with Gasteiger partial charge in [-0.05, 0) is 18.6 Å². The van der Waals surface area contributed by atoms with E-state index in [2.05, 4.69) is 10.3 Å². The highest BCUT2D eigenvalue weighted by atomic mass is 35.5. The SMILES string of the molecule is CCCOc1c(Cl)cc(C(=O)NCCC(O)(c2nccn2C)C(F)(F)F)cc1OC. The van der Waals surface area contributed by atoms with E-state index in [9.17, 15) is 23.1 Å². The molecule has 1 aromatic heterocycles. The van der Waals surface area contributed by atoms with Crippen molar-refractivity contribution in [2.45, 2.75) is 31.5 Å². The molecule has 1 amide bonds. The van der Waals surface area contributed by atoms with Crippen molar-refractivity contribution in [3.05, 3.63) is 40.9 Å². The maximum absolute atomic E-state index is 13.5. The van der Waals surface area contributed by atoms with Gasteiger partial charge in [-0.3, -0.25) is 4.79 Å². The van der Waals surface area contributed by atoms with E-state index in [0.29, 0.717) is 6.61 Å². The van der Waals surface area contributed by atoms with Crippen LogP contribution in [-0.2, 0) is 12.6 Å². The van der Waals surface area contributed by atoms with Gasteiger partial charge in [0.2, 0.25) is 5.60 Å². The van der Waals surface area contributed by atoms with Crippen molar-refractivity contribution in [2.24, 2.45) is 7.05 Å². The minimum absolute atomic E-state index is 0.0771. The molecule has 2 aromatic rings. The first-order valence-electron chi connectivity index (χ1n) is 9.10. The van der Waals surface area contributed by atoms with Gasteiger partial charge in [-0.1, -0.05) is 18.5 Å². The number of hydrogen-bond acceptors (Lipinski definition) is 5. The number of aliphatic hydroxyl groups is 1. The molecule has 0 spiro atoms. The van der Waals surface area contributed by atoms with Gasteiger partial charge in [0.05, 0.1) is 18.7 Å². The number of halogens is 4. The van der Waals surface area contributed by atoms with Crippen LogP contribution in [-0.4, -0.2) is 47.0 Å². The van der Waals surface area contributed by atoms with Crippen LogP contribution in [0.25, 0.3) is 0 Å². The Morgan fingerprint density at radius 1 is 1.37 bits per heavy atom. The Labute approximate surface area is 176 Å². The van der Waals surface area contributed by atoms with E-state index in [1.807, 2.05) is 6.92 Å². The van der Waals surface area contributed by atoms with Crippen LogP contribution in [0.2, 0.25) is 5.02 Å². The number of benzene rings is 1. The number of nitrogens with one attached hydrogen (secondary N) is 1. The summed E-state index contributed by atoms with van der Waals surface area (Å²) < 4.78 is 52.4. The van der Waals surface area contributed by atoms with Crippen LogP contribution in [0.4, 0.5) is 13.2 Å². The zero-order valence-electron chi connectivity index (χ0n) is 16.7. The number of imidazole rings is 1. The Hall–Kier alpha value is -2.46. The molecular formula is C19H23ClF3N3O4. The molecule has 0 radical (unpaired) electrons. The molecule has 0 saturated carbocycles. The van der Waals surface area contributed by atoms with Gasteiger partial charge in [-0.25, -0.2) is 4.98 Å². The monoisotopic (exact) mass is 449 g/mol. The summed E-state index contributed by atoms with van der Waals surface area (Å²) in [4.78, 5) is 16.0. The van der Waals surface area contributed by atoms with Crippen molar-refractivity contribution < 1.29 is 32.5 Å². The van der Waals surface area contributed by atoms with Crippen molar-refractivity contribution >= 4 is 17.5 Å². The van der Waals surface area contributed by atoms with Crippen molar-refractivity contribution in [1.82, 2.24) is 14.9 Å². The van der Waals surface area contributed by atoms with Gasteiger partial charge in [0, 0.05) is 38.0 Å². The van der Waals surface area contributed by atoms with Gasteiger partial charge in [0.25, 0.3) is 5.91 Å². The number of aromatic nitrogens is 2. The van der Waals surface area contributed by atoms with Crippen molar-refractivity contribution in [2.75, 3.05) is 20.3 Å². The van der Waals surface area contributed by atoms with E-state index in [4.69, 9.17) is 21.1 Å². The number of ether oxygens (including phenoxy) is 2. The van der Waals surface area contributed by atoms with E-state index in [1.54, 1.807) is 0 Å². The third-order valence-corrected chi connectivity index (χ3v) is 4.66. The Kier molecular flexibility index (Phi) is 7.59. The summed E-state index contributed by atoms with van der Waals surface area (Å²) in [5.74, 6) is -0.743. The predicted molar refractivity (Wildman–Crippen MR) is 104 cm³/mol. The minimum atomic E-state index is -4.98. The Bertz CT molecular complexity index is 888. The maximum Gasteiger partial charge on any atom is 0.424 e. The van der Waals surface area contributed by atoms with Gasteiger partial charge in [0.15, 0.2) is 11.5 Å². The van der Waals surface area contributed by atoms with Crippen molar-refractivity contribution in [3.63, 3.8) is 0 Å². The molecule has 0 saturated heterocycles. The smallest absolute Gasteiger partial charge is 0.424 e. The molecule has 0 fully saturated rings. The molecule has 11 heteroatoms. The molecule has 0 bridgehead atoms. The lowest BCUT2D eigenvalue weighted by molar-refractivity contribution is -0.272. The summed E-state index contributed by atoms with van der Waals surface area (Å²) in [7, 11) is 2.72. The number of methoxy groups -OCH3 is 1. The third kappa shape index (κ3) is 4.99. The van der Waals surface area contributed by atoms with Gasteiger partial charge >= 0.3 is 6.18 Å². The highest BCUT2D eigenvalue weighted by Gasteiger charge is 2.57. The van der Waals surface area contributed by atoms with Crippen molar-refractivity contribution in [3.8, 4) is 11.5 Å². The molecule has 30 heavy (non-hydrogen) atoms. The number of aryl methyl sites for hydroxylation is 1. The van der Waals surface area contributed by atoms with E-state index < -0.39 is 36.5 Å². The molecule has 0 aliphatic rings. The van der Waals surface area contributed by atoms with Crippen LogP contribution in [0.15, 0.2) is 24.5 Å². The second-order valence-electron chi connectivity index (χ2n) is 6.56. The fraction of sp³-hybridized carbons (Fsp3) is 0.474. The zero-order valence-corrected chi connectivity index (χ0v) is 17.5. The average Bonchev–Trinajstić information content (AvgIpc) is 3.11. The standard InChI is InChI=1S/C19H23ClF3N3O4/c1-4-9-30-15-13(20)10-12(11-14(15)29-3)16(27)24-6-5-18(28,19(21,22)23)17-25-7-8-26(17)2/h7-8,10-11,28H,4-6,9H2,1-3H3,(H,24,27). The second kappa shape index (κ2) is 9.57. The Morgan fingerprint density at radius 2 is 2.07 bits per heavy atom. The Morgan fingerprint density at radius 3 is 2.60 bits per heavy atom. The zero-order chi connectivity index (χ0) is 22.5. The summed E-state index contributed by atoms with van der Waals surface area (Å²) in [6.07, 6.45) is -2.63. The lowest BCUT2D eigenvalue weighted by Crippen LogP contribution is -2.46. The number of hydrogen-bond donors (Lipinski definition) is 2. The number of rotatable bonds is 9. The molecule has 166 valence electrons. The summed E-state index contributed by atoms with van der Waals surface area (Å²) in [6.45, 7) is 1.84. The van der Waals surface area contributed by atoms with E-state index in [1.165, 1.54) is 32.5 Å². The van der Waals surface area contributed by atoms with Crippen LogP contribution < -0.4 is 14.8 Å². The fourth-order valence-corrected chi connectivity index (χ4v) is 3.06. The molecular weight excluding hydrogens is 427 g/mol. The van der Waals surface area contributed by atoms with Crippen LogP contribution in [0, 0.1) is 0 Å². The topological polar surface area (TPSA) is 85.6 Å². The number of amides is 1. The Balaban J connectivity index is 2.15. The number of carbonyl (C=O) groups is 1. The lowest BCUT2D eigenvalue weighted by Gasteiger charge is -2.30. The molecule has 0 aliphatic heterocycles. The molecule has 2 N–H and O–H groups in total. The molecule has 2 rings (SSSR count). The second-order valence-corrected chi connectivity index (χ2v) is 6.97. The molecule has 7 nitrogen and oxygen atoms in total. The van der Waals surface area contributed by atoms with Crippen molar-refractivity contribution in [1.29, 1.82) is 0 Å². The molecule has 1 atom stereocenters. The fourth-order valence-electron chi connectivity index (χ4n) is 2.80. The quantitative estimate of drug-likeness (QED) is 0.612. The minimum Gasteiger partial charge on any atom is -0.493 e. The number of carbonyl (C=O) groups excluding carboxylic acids is 1. The summed E-state index contributed by atoms with van der Waals surface area (Å²) >= 11 is 6.16. The molecule has 1 heterocycles. The van der Waals surface area contributed by atoms with Gasteiger partial charge < -0.3 is 24.5 Å². The summed E-state index contributed by atoms with van der Waals surface area (Å²) in [5, 5.41) is 12.8. The van der Waals surface area contributed by atoms with Crippen LogP contribution in [0.3, 0.4) is 0 Å². The van der Waals surface area contributed by atoms with E-state index >= 15 is 0 Å². The van der Waals surface area contributed by atoms with E-state index in [-0.39, 0.29) is 22.1 Å². The molecule has 1 aromatic carbocycles. The highest BCUT2D eigenvalue weighted by molar-refractivity contribution is 6.32. The first-order chi connectivity index (χ1) is 14.0.